The number of hydrogen-bond donors (Lipinski definition) is 1. The van der Waals surface area contributed by atoms with Crippen LogP contribution in [-0.2, 0) is 33.3 Å². The predicted octanol–water partition coefficient (Wildman–Crippen LogP) is 27.7. The van der Waals surface area contributed by atoms with Crippen molar-refractivity contribution in [2.24, 2.45) is 0 Å². The number of methoxy groups -OCH3 is 1. The maximum absolute atomic E-state index is 12.8. The van der Waals surface area contributed by atoms with Crippen molar-refractivity contribution in [1.82, 2.24) is 0 Å². The number of fused-ring (bicyclic) bond motifs is 1. The van der Waals surface area contributed by atoms with E-state index in [0.717, 1.165) is 30.7 Å². The van der Waals surface area contributed by atoms with Gasteiger partial charge in [0, 0.05) is 5.56 Å². The number of benzene rings is 6. The van der Waals surface area contributed by atoms with E-state index in [0.29, 0.717) is 38.1 Å². The maximum Gasteiger partial charge on any atom is 0.398 e. The van der Waals surface area contributed by atoms with E-state index in [1.807, 2.05) is 140 Å². The van der Waals surface area contributed by atoms with Crippen molar-refractivity contribution in [2.75, 3.05) is 13.7 Å². The van der Waals surface area contributed by atoms with Crippen LogP contribution in [0, 0.1) is 0 Å². The molecular weight excluding hydrogens is 1210 g/mol. The number of alkyl halides is 4. The van der Waals surface area contributed by atoms with E-state index in [2.05, 4.69) is 121 Å². The normalized spacial score (nSPS) is 12.9. The molecule has 5 atom stereocenters. The van der Waals surface area contributed by atoms with Gasteiger partial charge >= 0.3 is 12.1 Å². The van der Waals surface area contributed by atoms with Gasteiger partial charge in [-0.05, 0) is 176 Å². The molecule has 0 saturated carbocycles. The lowest BCUT2D eigenvalue weighted by Crippen LogP contribution is -2.38. The number of hydrogen-bond acceptors (Lipinski definition) is 4. The van der Waals surface area contributed by atoms with Gasteiger partial charge in [-0.3, -0.25) is 4.79 Å². The molecule has 0 aliphatic heterocycles. The lowest BCUT2D eigenvalue weighted by atomic mass is 9.79. The molecule has 1 N–H and O–H groups in total. The minimum absolute atomic E-state index is 0.0561. The largest absolute Gasteiger partial charge is 0.465 e. The molecule has 522 valence electrons. The molecule has 1 aliphatic rings. The van der Waals surface area contributed by atoms with E-state index in [4.69, 9.17) is 39.9 Å². The fourth-order valence-electron chi connectivity index (χ4n) is 8.66. The summed E-state index contributed by atoms with van der Waals surface area (Å²) in [7, 11) is 1.30. The number of ketones is 1. The topological polar surface area (TPSA) is 63.6 Å². The molecule has 7 rings (SSSR count). The van der Waals surface area contributed by atoms with Crippen molar-refractivity contribution in [3.63, 3.8) is 0 Å². The Morgan fingerprint density at radius 3 is 1.34 bits per heavy atom. The summed E-state index contributed by atoms with van der Waals surface area (Å²) in [6.07, 6.45) is 6.69. The van der Waals surface area contributed by atoms with Crippen molar-refractivity contribution in [1.29, 1.82) is 0 Å². The molecular formula is C82H128Cl3F3O4. The molecule has 6 aromatic carbocycles. The fourth-order valence-corrected chi connectivity index (χ4v) is 9.10. The summed E-state index contributed by atoms with van der Waals surface area (Å²) in [6, 6.07) is 46.5. The van der Waals surface area contributed by atoms with Gasteiger partial charge in [-0.2, -0.15) is 13.2 Å². The first-order chi connectivity index (χ1) is 43.7. The van der Waals surface area contributed by atoms with Gasteiger partial charge < -0.3 is 9.84 Å². The second kappa shape index (κ2) is 55.4. The summed E-state index contributed by atoms with van der Waals surface area (Å²) < 4.78 is 43.0. The second-order valence-electron chi connectivity index (χ2n) is 21.8. The van der Waals surface area contributed by atoms with Crippen LogP contribution in [0.25, 0.3) is 0 Å². The second-order valence-corrected chi connectivity index (χ2v) is 23.4. The van der Waals surface area contributed by atoms with Gasteiger partial charge in [0.2, 0.25) is 0 Å². The highest BCUT2D eigenvalue weighted by atomic mass is 35.5. The van der Waals surface area contributed by atoms with Crippen molar-refractivity contribution < 1.29 is 32.6 Å². The SMILES string of the molecule is CC.CC.CC.CC.CC.CC.CCC(C)(C)c1ccccc1.CCC(C)(Cl)c1ccccc1.CCC(C)(c1ccccc1)C(F)(F)F.CCC(C)c1cc(C(=O)CO)cc(C(=O)OC)c1.CCC(C)c1ccc(Cl)c(Cl)c1.CCC(C)c1cccc2c1CCCC2. The van der Waals surface area contributed by atoms with Crippen LogP contribution in [-0.4, -0.2) is 36.8 Å². The van der Waals surface area contributed by atoms with Crippen LogP contribution in [0.5, 0.6) is 0 Å². The smallest absolute Gasteiger partial charge is 0.398 e. The molecule has 0 spiro atoms. The molecule has 4 nitrogen and oxygen atoms in total. The molecule has 6 aromatic rings. The Labute approximate surface area is 577 Å². The van der Waals surface area contributed by atoms with Crippen LogP contribution in [0.1, 0.15) is 307 Å². The molecule has 0 heterocycles. The van der Waals surface area contributed by atoms with Crippen LogP contribution in [0.4, 0.5) is 13.2 Å². The number of Topliss-reactive ketones (excluding diaryl/α,β-unsaturated/α-hetero) is 1. The minimum atomic E-state index is -4.19. The van der Waals surface area contributed by atoms with Gasteiger partial charge in [0.1, 0.15) is 6.61 Å². The van der Waals surface area contributed by atoms with E-state index in [1.54, 1.807) is 53.9 Å². The van der Waals surface area contributed by atoms with Crippen LogP contribution in [0.15, 0.2) is 146 Å². The zero-order valence-electron chi connectivity index (χ0n) is 62.3. The van der Waals surface area contributed by atoms with E-state index in [9.17, 15) is 22.8 Å². The van der Waals surface area contributed by atoms with Crippen molar-refractivity contribution in [3.05, 3.63) is 211 Å². The van der Waals surface area contributed by atoms with Crippen molar-refractivity contribution >= 4 is 46.6 Å². The monoisotopic (exact) mass is 1340 g/mol. The number of carbonyl (C=O) groups is 2. The van der Waals surface area contributed by atoms with Gasteiger partial charge in [-0.15, -0.1) is 11.6 Å². The molecule has 0 amide bonds. The van der Waals surface area contributed by atoms with E-state index < -0.39 is 30.0 Å². The van der Waals surface area contributed by atoms with Gasteiger partial charge in [0.05, 0.1) is 33.0 Å². The molecule has 0 aromatic heterocycles. The van der Waals surface area contributed by atoms with Crippen LogP contribution in [0.2, 0.25) is 10.0 Å². The van der Waals surface area contributed by atoms with Gasteiger partial charge in [-0.1, -0.05) is 298 Å². The number of aliphatic hydroxyl groups excluding tert-OH is 1. The predicted molar refractivity (Wildman–Crippen MR) is 403 cm³/mol. The van der Waals surface area contributed by atoms with Crippen LogP contribution in [0.3, 0.4) is 0 Å². The Bertz CT molecular complexity index is 2640. The Balaban J connectivity index is -0.000000320. The summed E-state index contributed by atoms with van der Waals surface area (Å²) in [4.78, 5) is 22.9. The number of rotatable bonds is 15. The molecule has 10 heteroatoms. The average Bonchev–Trinajstić information content (AvgIpc) is 0.925. The molecule has 0 saturated heterocycles. The lowest BCUT2D eigenvalue weighted by molar-refractivity contribution is -0.186. The molecule has 1 aliphatic carbocycles. The number of ether oxygens (including phenoxy) is 1. The van der Waals surface area contributed by atoms with Crippen LogP contribution >= 0.6 is 34.8 Å². The van der Waals surface area contributed by atoms with Gasteiger partial charge in [0.25, 0.3) is 0 Å². The van der Waals surface area contributed by atoms with E-state index >= 15 is 0 Å². The summed E-state index contributed by atoms with van der Waals surface area (Å²) in [5.41, 5.74) is 9.32. The fraction of sp³-hybridized carbons (Fsp3) is 0.537. The molecule has 0 radical (unpaired) electrons. The first kappa shape index (κ1) is 95.8. The Hall–Kier alpha value is -4.92. The summed E-state index contributed by atoms with van der Waals surface area (Å²) in [5.74, 6) is 0.653. The Kier molecular flexibility index (Phi) is 57.6. The summed E-state index contributed by atoms with van der Waals surface area (Å²) in [5, 5.41) is 10.2. The Morgan fingerprint density at radius 2 is 0.935 bits per heavy atom. The molecule has 92 heavy (non-hydrogen) atoms. The summed E-state index contributed by atoms with van der Waals surface area (Å²) in [6.45, 7) is 50.2. The highest BCUT2D eigenvalue weighted by Crippen LogP contribution is 2.43. The van der Waals surface area contributed by atoms with Gasteiger partial charge in [0.15, 0.2) is 5.78 Å². The first-order valence-electron chi connectivity index (χ1n) is 34.6. The molecule has 0 fully saturated rings. The number of aliphatic hydroxyl groups is 1. The van der Waals surface area contributed by atoms with Crippen LogP contribution < -0.4 is 0 Å². The Morgan fingerprint density at radius 1 is 0.500 bits per heavy atom. The van der Waals surface area contributed by atoms with Gasteiger partial charge in [-0.25, -0.2) is 4.79 Å². The standard InChI is InChI=1S/C14H18O4.C14H20.C11H13F3.C11H16.C10H12Cl2.C10H13Cl.6C2H6/c1-4-9(2)10-5-11(13(16)8-15)7-12(6-10)14(17)18-3;1-3-11(2)13-10-6-8-12-7-4-5-9-14(12)13;1-3-10(2,11(12,13)14)9-7-5-4-6-8-9;1-4-11(2,3)10-8-6-5-7-9-10;1-3-7(2)8-4-5-9(11)10(12)6-8;1-3-10(2,11)9-7-5-4-6-8-9;6*1-2/h5-7,9,15H,4,8H2,1-3H3;6,8,10-11H,3-5,7,9H2,1-2H3;4-8H,3H2,1-2H3;5-9H,4H2,1-3H3;4-7H,3H2,1-2H3;4-8H,3H2,1-2H3;6*1-2H3. The van der Waals surface area contributed by atoms with Crippen molar-refractivity contribution in [2.45, 2.75) is 277 Å². The third kappa shape index (κ3) is 35.0. The number of carbonyl (C=O) groups excluding carboxylic acids is 2. The number of aryl methyl sites for hydroxylation is 1. The van der Waals surface area contributed by atoms with Crippen molar-refractivity contribution in [3.8, 4) is 0 Å². The summed E-state index contributed by atoms with van der Waals surface area (Å²) >= 11 is 17.9. The minimum Gasteiger partial charge on any atom is -0.465 e. The van der Waals surface area contributed by atoms with E-state index in [-0.39, 0.29) is 17.2 Å². The average molecular weight is 1340 g/mol. The first-order valence-corrected chi connectivity index (χ1v) is 35.7. The lowest BCUT2D eigenvalue weighted by Gasteiger charge is -2.31. The highest BCUT2D eigenvalue weighted by molar-refractivity contribution is 6.42. The molecule has 0 bridgehead atoms. The zero-order chi connectivity index (χ0) is 72.3. The van der Waals surface area contributed by atoms with E-state index in [1.165, 1.54) is 87.4 Å². The highest BCUT2D eigenvalue weighted by Gasteiger charge is 2.50. The zero-order valence-corrected chi connectivity index (χ0v) is 64.6. The third-order valence-corrected chi connectivity index (χ3v) is 17.2. The quantitative estimate of drug-likeness (QED) is 0.0632. The number of esters is 1. The third-order valence-electron chi connectivity index (χ3n) is 15.9. The maximum atomic E-state index is 12.8. The molecule has 5 unspecified atom stereocenters. The number of halogens is 6.